The van der Waals surface area contributed by atoms with Gasteiger partial charge in [-0.3, -0.25) is 10.1 Å². The lowest BCUT2D eigenvalue weighted by Crippen LogP contribution is -2.47. The van der Waals surface area contributed by atoms with Gasteiger partial charge in [-0.1, -0.05) is 37.3 Å². The quantitative estimate of drug-likeness (QED) is 0.651. The van der Waals surface area contributed by atoms with Gasteiger partial charge in [0.15, 0.2) is 0 Å². The van der Waals surface area contributed by atoms with Crippen LogP contribution in [0.15, 0.2) is 41.4 Å². The molecule has 1 aliphatic rings. The lowest BCUT2D eigenvalue weighted by molar-refractivity contribution is -0.119. The molecule has 0 unspecified atom stereocenters. The van der Waals surface area contributed by atoms with Crippen molar-refractivity contribution in [3.05, 3.63) is 53.3 Å². The summed E-state index contributed by atoms with van der Waals surface area (Å²) in [5, 5.41) is 2.95. The van der Waals surface area contributed by atoms with E-state index in [0.717, 1.165) is 43.7 Å². The van der Waals surface area contributed by atoms with Crippen LogP contribution in [-0.2, 0) is 11.2 Å². The van der Waals surface area contributed by atoms with Crippen LogP contribution in [0.2, 0.25) is 0 Å². The van der Waals surface area contributed by atoms with Crippen molar-refractivity contribution in [2.75, 3.05) is 13.1 Å². The van der Waals surface area contributed by atoms with Gasteiger partial charge in [-0.25, -0.2) is 9.97 Å². The van der Waals surface area contributed by atoms with Crippen LogP contribution in [-0.4, -0.2) is 39.8 Å². The SMILES string of the molecule is CCC(=O)N/C(=N\c1nc(C)cc(C)n1)N1CCC(Cc2ccccc2)CC1. The Bertz CT molecular complexity index is 806. The van der Waals surface area contributed by atoms with Gasteiger partial charge in [0, 0.05) is 30.9 Å². The standard InChI is InChI=1S/C22H29N5O/c1-4-20(28)25-22(26-21-23-16(2)14-17(3)24-21)27-12-10-19(11-13-27)15-18-8-6-5-7-9-18/h5-9,14,19H,4,10-13,15H2,1-3H3,(H,23,24,25,26,28). The van der Waals surface area contributed by atoms with E-state index in [-0.39, 0.29) is 5.91 Å². The minimum Gasteiger partial charge on any atom is -0.342 e. The number of rotatable bonds is 4. The molecule has 1 aliphatic heterocycles. The number of nitrogens with one attached hydrogen (secondary N) is 1. The lowest BCUT2D eigenvalue weighted by atomic mass is 9.90. The van der Waals surface area contributed by atoms with Crippen molar-refractivity contribution in [2.24, 2.45) is 10.9 Å². The Kier molecular flexibility index (Phi) is 6.74. The molecule has 1 fully saturated rings. The number of aliphatic imine (C=N–C) groups is 1. The third-order valence-electron chi connectivity index (χ3n) is 5.03. The minimum atomic E-state index is -0.0467. The van der Waals surface area contributed by atoms with Crippen LogP contribution >= 0.6 is 0 Å². The van der Waals surface area contributed by atoms with Crippen molar-refractivity contribution in [2.45, 2.75) is 46.5 Å². The summed E-state index contributed by atoms with van der Waals surface area (Å²) in [5.41, 5.74) is 3.13. The molecule has 6 nitrogen and oxygen atoms in total. The Morgan fingerprint density at radius 1 is 1.14 bits per heavy atom. The van der Waals surface area contributed by atoms with E-state index in [0.29, 0.717) is 24.2 Å². The average Bonchev–Trinajstić information content (AvgIpc) is 2.68. The van der Waals surface area contributed by atoms with Crippen molar-refractivity contribution in [1.29, 1.82) is 0 Å². The fraction of sp³-hybridized carbons (Fsp3) is 0.455. The highest BCUT2D eigenvalue weighted by atomic mass is 16.1. The van der Waals surface area contributed by atoms with E-state index in [4.69, 9.17) is 0 Å². The van der Waals surface area contributed by atoms with E-state index in [1.54, 1.807) is 0 Å². The first kappa shape index (κ1) is 20.0. The zero-order valence-corrected chi connectivity index (χ0v) is 17.0. The summed E-state index contributed by atoms with van der Waals surface area (Å²) in [6, 6.07) is 12.5. The zero-order chi connectivity index (χ0) is 19.9. The summed E-state index contributed by atoms with van der Waals surface area (Å²) in [5.74, 6) is 1.57. The Morgan fingerprint density at radius 3 is 2.39 bits per heavy atom. The molecule has 0 radical (unpaired) electrons. The molecule has 1 amide bonds. The molecule has 1 N–H and O–H groups in total. The van der Waals surface area contributed by atoms with E-state index in [1.165, 1.54) is 5.56 Å². The third-order valence-corrected chi connectivity index (χ3v) is 5.03. The molecule has 0 atom stereocenters. The molecule has 0 saturated carbocycles. The van der Waals surface area contributed by atoms with Gasteiger partial charge in [0.2, 0.25) is 11.9 Å². The zero-order valence-electron chi connectivity index (χ0n) is 17.0. The number of hydrogen-bond acceptors (Lipinski definition) is 4. The van der Waals surface area contributed by atoms with E-state index in [2.05, 4.69) is 55.5 Å². The maximum Gasteiger partial charge on any atom is 0.253 e. The maximum atomic E-state index is 12.0. The predicted molar refractivity (Wildman–Crippen MR) is 111 cm³/mol. The fourth-order valence-electron chi connectivity index (χ4n) is 3.54. The van der Waals surface area contributed by atoms with Crippen LogP contribution in [0, 0.1) is 19.8 Å². The first-order valence-corrected chi connectivity index (χ1v) is 10.0. The monoisotopic (exact) mass is 379 g/mol. The Labute approximate surface area is 167 Å². The molecule has 6 heteroatoms. The van der Waals surface area contributed by atoms with Gasteiger partial charge >= 0.3 is 0 Å². The van der Waals surface area contributed by atoms with Crippen LogP contribution in [0.3, 0.4) is 0 Å². The summed E-state index contributed by atoms with van der Waals surface area (Å²) < 4.78 is 0. The highest BCUT2D eigenvalue weighted by molar-refractivity contribution is 5.97. The number of hydrogen-bond donors (Lipinski definition) is 1. The molecule has 3 rings (SSSR count). The van der Waals surface area contributed by atoms with Gasteiger partial charge < -0.3 is 4.90 Å². The third kappa shape index (κ3) is 5.62. The molecule has 1 saturated heterocycles. The van der Waals surface area contributed by atoms with E-state index >= 15 is 0 Å². The topological polar surface area (TPSA) is 70.5 Å². The minimum absolute atomic E-state index is 0.0467. The number of likely N-dealkylation sites (tertiary alicyclic amines) is 1. The first-order valence-electron chi connectivity index (χ1n) is 10.0. The predicted octanol–water partition coefficient (Wildman–Crippen LogP) is 3.56. The Hall–Kier alpha value is -2.76. The van der Waals surface area contributed by atoms with Crippen molar-refractivity contribution < 1.29 is 4.79 Å². The average molecular weight is 380 g/mol. The second-order valence-corrected chi connectivity index (χ2v) is 7.41. The first-order chi connectivity index (χ1) is 13.5. The second-order valence-electron chi connectivity index (χ2n) is 7.41. The van der Waals surface area contributed by atoms with E-state index in [9.17, 15) is 4.79 Å². The number of aryl methyl sites for hydroxylation is 2. The molecule has 1 aromatic heterocycles. The molecular formula is C22H29N5O. The van der Waals surface area contributed by atoms with Crippen molar-refractivity contribution in [1.82, 2.24) is 20.2 Å². The maximum absolute atomic E-state index is 12.0. The highest BCUT2D eigenvalue weighted by Gasteiger charge is 2.23. The number of nitrogens with zero attached hydrogens (tertiary/aromatic N) is 4. The molecule has 0 aliphatic carbocycles. The summed E-state index contributed by atoms with van der Waals surface area (Å²) in [6.45, 7) is 7.42. The molecular weight excluding hydrogens is 350 g/mol. The summed E-state index contributed by atoms with van der Waals surface area (Å²) in [4.78, 5) is 27.6. The molecule has 0 spiro atoms. The van der Waals surface area contributed by atoms with Gasteiger partial charge in [0.05, 0.1) is 0 Å². The molecule has 1 aromatic carbocycles. The fourth-order valence-corrected chi connectivity index (χ4v) is 3.54. The van der Waals surface area contributed by atoms with Crippen molar-refractivity contribution in [3.63, 3.8) is 0 Å². The van der Waals surface area contributed by atoms with Crippen LogP contribution in [0.4, 0.5) is 5.95 Å². The summed E-state index contributed by atoms with van der Waals surface area (Å²) in [6.07, 6.45) is 3.66. The number of carbonyl (C=O) groups is 1. The number of piperidine rings is 1. The molecule has 2 heterocycles. The number of aromatic nitrogens is 2. The molecule has 2 aromatic rings. The second kappa shape index (κ2) is 9.44. The van der Waals surface area contributed by atoms with Gasteiger partial charge in [0.25, 0.3) is 5.95 Å². The number of benzene rings is 1. The number of guanidine groups is 1. The van der Waals surface area contributed by atoms with Crippen LogP contribution < -0.4 is 5.32 Å². The largest absolute Gasteiger partial charge is 0.342 e. The normalized spacial score (nSPS) is 15.5. The summed E-state index contributed by atoms with van der Waals surface area (Å²) >= 11 is 0. The molecule has 148 valence electrons. The van der Waals surface area contributed by atoms with Gasteiger partial charge in [-0.15, -0.1) is 0 Å². The van der Waals surface area contributed by atoms with E-state index < -0.39 is 0 Å². The number of carbonyl (C=O) groups excluding carboxylic acids is 1. The van der Waals surface area contributed by atoms with Gasteiger partial charge in [0.1, 0.15) is 0 Å². The van der Waals surface area contributed by atoms with Crippen molar-refractivity contribution >= 4 is 17.8 Å². The van der Waals surface area contributed by atoms with Crippen LogP contribution in [0.5, 0.6) is 0 Å². The van der Waals surface area contributed by atoms with Crippen LogP contribution in [0.25, 0.3) is 0 Å². The van der Waals surface area contributed by atoms with Crippen LogP contribution in [0.1, 0.15) is 43.1 Å². The lowest BCUT2D eigenvalue weighted by Gasteiger charge is -2.34. The molecule has 0 bridgehead atoms. The van der Waals surface area contributed by atoms with Gasteiger partial charge in [-0.05, 0) is 50.7 Å². The smallest absolute Gasteiger partial charge is 0.253 e. The Balaban J connectivity index is 1.71. The van der Waals surface area contributed by atoms with Crippen molar-refractivity contribution in [3.8, 4) is 0 Å². The summed E-state index contributed by atoms with van der Waals surface area (Å²) in [7, 11) is 0. The Morgan fingerprint density at radius 2 is 1.79 bits per heavy atom. The highest BCUT2D eigenvalue weighted by Crippen LogP contribution is 2.22. The molecule has 28 heavy (non-hydrogen) atoms. The number of amides is 1. The van der Waals surface area contributed by atoms with Gasteiger partial charge in [-0.2, -0.15) is 4.99 Å². The van der Waals surface area contributed by atoms with E-state index in [1.807, 2.05) is 26.8 Å².